The molecule has 23 heavy (non-hydrogen) atoms. The molecule has 0 radical (unpaired) electrons. The highest BCUT2D eigenvalue weighted by atomic mass is 16.3. The minimum absolute atomic E-state index is 0.169. The van der Waals surface area contributed by atoms with Gasteiger partial charge in [0.1, 0.15) is 18.1 Å². The first kappa shape index (κ1) is 21.3. The molecule has 7 N–H and O–H groups in total. The molecule has 0 aromatic heterocycles. The third-order valence-corrected chi connectivity index (χ3v) is 3.69. The summed E-state index contributed by atoms with van der Waals surface area (Å²) in [5.41, 5.74) is 10.8. The molecule has 8 heteroatoms. The molecule has 0 aliphatic carbocycles. The molecule has 3 amide bonds. The van der Waals surface area contributed by atoms with Crippen LogP contribution in [0.15, 0.2) is 0 Å². The van der Waals surface area contributed by atoms with Gasteiger partial charge in [-0.1, -0.05) is 34.1 Å². The minimum atomic E-state index is -1.10. The van der Waals surface area contributed by atoms with E-state index in [1.54, 1.807) is 6.92 Å². The number of rotatable bonds is 10. The summed E-state index contributed by atoms with van der Waals surface area (Å²) < 4.78 is 0. The molecule has 0 aliphatic heterocycles. The molecule has 0 saturated carbocycles. The van der Waals surface area contributed by atoms with Crippen molar-refractivity contribution >= 4 is 17.7 Å². The highest BCUT2D eigenvalue weighted by molar-refractivity contribution is 5.92. The molecule has 134 valence electrons. The Bertz CT molecular complexity index is 414. The first-order valence-electron chi connectivity index (χ1n) is 7.90. The average molecular weight is 330 g/mol. The predicted molar refractivity (Wildman–Crippen MR) is 87.0 cm³/mol. The maximum Gasteiger partial charge on any atom is 0.243 e. The predicted octanol–water partition coefficient (Wildman–Crippen LogP) is -1.15. The number of aliphatic hydroxyl groups is 1. The van der Waals surface area contributed by atoms with E-state index in [9.17, 15) is 14.4 Å². The SMILES string of the molecule is CC[C@H](C)[C@H](NC(=O)[C@@H](N)CO)C(=O)N[C@@H](CC(C)C)C(N)=O. The summed E-state index contributed by atoms with van der Waals surface area (Å²) in [5, 5.41) is 14.0. The molecule has 0 rings (SSSR count). The van der Waals surface area contributed by atoms with Crippen LogP contribution < -0.4 is 22.1 Å². The fourth-order valence-corrected chi connectivity index (χ4v) is 2.02. The molecule has 8 nitrogen and oxygen atoms in total. The molecular formula is C15H30N4O4. The van der Waals surface area contributed by atoms with Crippen LogP contribution in [0.1, 0.15) is 40.5 Å². The molecule has 0 aliphatic rings. The quantitative estimate of drug-likeness (QED) is 0.343. The maximum atomic E-state index is 12.4. The smallest absolute Gasteiger partial charge is 0.243 e. The molecular weight excluding hydrogens is 300 g/mol. The monoisotopic (exact) mass is 330 g/mol. The van der Waals surface area contributed by atoms with Crippen molar-refractivity contribution in [1.82, 2.24) is 10.6 Å². The second-order valence-electron chi connectivity index (χ2n) is 6.25. The number of nitrogens with one attached hydrogen (secondary N) is 2. The highest BCUT2D eigenvalue weighted by Crippen LogP contribution is 2.10. The van der Waals surface area contributed by atoms with Crippen LogP contribution in [0.25, 0.3) is 0 Å². The minimum Gasteiger partial charge on any atom is -0.394 e. The van der Waals surface area contributed by atoms with Gasteiger partial charge in [0.05, 0.1) is 6.61 Å². The van der Waals surface area contributed by atoms with E-state index >= 15 is 0 Å². The Balaban J connectivity index is 5.05. The van der Waals surface area contributed by atoms with Gasteiger partial charge in [0, 0.05) is 0 Å². The van der Waals surface area contributed by atoms with Crippen molar-refractivity contribution in [2.24, 2.45) is 23.3 Å². The van der Waals surface area contributed by atoms with Crippen molar-refractivity contribution in [3.63, 3.8) is 0 Å². The Morgan fingerprint density at radius 3 is 2.04 bits per heavy atom. The molecule has 0 aromatic carbocycles. The molecule has 4 atom stereocenters. The Hall–Kier alpha value is -1.67. The lowest BCUT2D eigenvalue weighted by molar-refractivity contribution is -0.133. The van der Waals surface area contributed by atoms with Crippen LogP contribution in [-0.4, -0.2) is 47.6 Å². The zero-order valence-electron chi connectivity index (χ0n) is 14.3. The highest BCUT2D eigenvalue weighted by Gasteiger charge is 2.30. The first-order valence-corrected chi connectivity index (χ1v) is 7.90. The molecule has 0 fully saturated rings. The topological polar surface area (TPSA) is 148 Å². The number of carbonyl (C=O) groups is 3. The summed E-state index contributed by atoms with van der Waals surface area (Å²) in [7, 11) is 0. The van der Waals surface area contributed by atoms with Crippen molar-refractivity contribution in [3.8, 4) is 0 Å². The Labute approximate surface area is 137 Å². The lowest BCUT2D eigenvalue weighted by Crippen LogP contribution is -2.57. The van der Waals surface area contributed by atoms with Crippen LogP contribution in [0.4, 0.5) is 0 Å². The third kappa shape index (κ3) is 7.43. The number of amides is 3. The zero-order valence-corrected chi connectivity index (χ0v) is 14.3. The fraction of sp³-hybridized carbons (Fsp3) is 0.800. The van der Waals surface area contributed by atoms with Gasteiger partial charge in [-0.05, 0) is 18.3 Å². The average Bonchev–Trinajstić information content (AvgIpc) is 2.49. The molecule has 0 heterocycles. The Morgan fingerprint density at radius 1 is 1.09 bits per heavy atom. The van der Waals surface area contributed by atoms with Gasteiger partial charge < -0.3 is 27.2 Å². The van der Waals surface area contributed by atoms with Gasteiger partial charge in [-0.3, -0.25) is 14.4 Å². The fourth-order valence-electron chi connectivity index (χ4n) is 2.02. The van der Waals surface area contributed by atoms with Crippen LogP contribution >= 0.6 is 0 Å². The summed E-state index contributed by atoms with van der Waals surface area (Å²) in [6.45, 7) is 6.99. The molecule has 0 bridgehead atoms. The largest absolute Gasteiger partial charge is 0.394 e. The van der Waals surface area contributed by atoms with E-state index in [4.69, 9.17) is 16.6 Å². The Kier molecular flexibility index (Phi) is 9.43. The lowest BCUT2D eigenvalue weighted by Gasteiger charge is -2.27. The van der Waals surface area contributed by atoms with Crippen LogP contribution in [0.3, 0.4) is 0 Å². The van der Waals surface area contributed by atoms with Crippen molar-refractivity contribution < 1.29 is 19.5 Å². The van der Waals surface area contributed by atoms with Gasteiger partial charge in [-0.2, -0.15) is 0 Å². The van der Waals surface area contributed by atoms with Gasteiger partial charge in [-0.15, -0.1) is 0 Å². The maximum absolute atomic E-state index is 12.4. The second kappa shape index (κ2) is 10.2. The van der Waals surface area contributed by atoms with Crippen molar-refractivity contribution in [2.75, 3.05) is 6.61 Å². The second-order valence-corrected chi connectivity index (χ2v) is 6.25. The van der Waals surface area contributed by atoms with Crippen molar-refractivity contribution in [1.29, 1.82) is 0 Å². The first-order chi connectivity index (χ1) is 10.6. The summed E-state index contributed by atoms with van der Waals surface area (Å²) >= 11 is 0. The summed E-state index contributed by atoms with van der Waals surface area (Å²) in [4.78, 5) is 35.8. The molecule has 0 saturated heterocycles. The van der Waals surface area contributed by atoms with Gasteiger partial charge in [0.15, 0.2) is 0 Å². The van der Waals surface area contributed by atoms with Crippen LogP contribution in [0.2, 0.25) is 0 Å². The van der Waals surface area contributed by atoms with E-state index in [0.29, 0.717) is 12.8 Å². The van der Waals surface area contributed by atoms with E-state index in [1.165, 1.54) is 0 Å². The summed E-state index contributed by atoms with van der Waals surface area (Å²) in [6, 6.07) is -2.74. The van der Waals surface area contributed by atoms with Crippen LogP contribution in [0.5, 0.6) is 0 Å². The standard InChI is InChI=1S/C15H30N4O4/c1-5-9(4)12(19-14(22)10(16)7-20)15(23)18-11(13(17)21)6-8(2)3/h8-12,20H,5-7,16H2,1-4H3,(H2,17,21)(H,18,23)(H,19,22)/t9-,10-,11-,12-/m0/s1. The normalized spacial score (nSPS) is 16.3. The number of nitrogens with two attached hydrogens (primary N) is 2. The van der Waals surface area contributed by atoms with E-state index in [0.717, 1.165) is 0 Å². The number of aliphatic hydroxyl groups excluding tert-OH is 1. The van der Waals surface area contributed by atoms with Crippen molar-refractivity contribution in [3.05, 3.63) is 0 Å². The number of hydrogen-bond acceptors (Lipinski definition) is 5. The summed E-state index contributed by atoms with van der Waals surface area (Å²) in [6.07, 6.45) is 1.05. The number of primary amides is 1. The van der Waals surface area contributed by atoms with Crippen LogP contribution in [0, 0.1) is 11.8 Å². The van der Waals surface area contributed by atoms with Gasteiger partial charge in [0.25, 0.3) is 0 Å². The van der Waals surface area contributed by atoms with E-state index < -0.39 is 42.5 Å². The summed E-state index contributed by atoms with van der Waals surface area (Å²) in [5.74, 6) is -1.72. The van der Waals surface area contributed by atoms with Gasteiger partial charge in [0.2, 0.25) is 17.7 Å². The van der Waals surface area contributed by atoms with E-state index in [1.807, 2.05) is 20.8 Å². The number of carbonyl (C=O) groups excluding carboxylic acids is 3. The van der Waals surface area contributed by atoms with Gasteiger partial charge >= 0.3 is 0 Å². The zero-order chi connectivity index (χ0) is 18.2. The lowest BCUT2D eigenvalue weighted by atomic mass is 9.96. The number of hydrogen-bond donors (Lipinski definition) is 5. The van der Waals surface area contributed by atoms with E-state index in [2.05, 4.69) is 10.6 Å². The molecule has 0 aromatic rings. The van der Waals surface area contributed by atoms with Gasteiger partial charge in [-0.25, -0.2) is 0 Å². The molecule has 0 spiro atoms. The van der Waals surface area contributed by atoms with Crippen molar-refractivity contribution in [2.45, 2.75) is 58.7 Å². The molecule has 0 unspecified atom stereocenters. The van der Waals surface area contributed by atoms with E-state index in [-0.39, 0.29) is 11.8 Å². The van der Waals surface area contributed by atoms with Crippen LogP contribution in [-0.2, 0) is 14.4 Å². The Morgan fingerprint density at radius 2 is 1.65 bits per heavy atom. The third-order valence-electron chi connectivity index (χ3n) is 3.69.